The minimum Gasteiger partial charge on any atom is -0.396 e. The van der Waals surface area contributed by atoms with Gasteiger partial charge in [0.1, 0.15) is 6.33 Å². The molecule has 0 saturated heterocycles. The van der Waals surface area contributed by atoms with Gasteiger partial charge in [0, 0.05) is 19.2 Å². The standard InChI is InChI=1S/C10H18N4O/c1-8(2)14(4-3-5-15)10-9(11)6-12-7-13-10/h6-8,15H,3-5,11H2,1-2H3. The second-order valence-corrected chi connectivity index (χ2v) is 3.67. The highest BCUT2D eigenvalue weighted by Crippen LogP contribution is 2.20. The molecule has 3 N–H and O–H groups in total. The molecule has 1 aromatic heterocycles. The van der Waals surface area contributed by atoms with Crippen molar-refractivity contribution >= 4 is 11.5 Å². The molecule has 0 aromatic carbocycles. The van der Waals surface area contributed by atoms with Gasteiger partial charge in [-0.15, -0.1) is 0 Å². The monoisotopic (exact) mass is 210 g/mol. The Morgan fingerprint density at radius 1 is 1.53 bits per heavy atom. The van der Waals surface area contributed by atoms with Crippen LogP contribution in [0.2, 0.25) is 0 Å². The first-order valence-corrected chi connectivity index (χ1v) is 5.09. The van der Waals surface area contributed by atoms with Crippen LogP contribution in [0.5, 0.6) is 0 Å². The molecule has 1 aromatic rings. The minimum atomic E-state index is 0.175. The van der Waals surface area contributed by atoms with Crippen molar-refractivity contribution in [2.45, 2.75) is 26.3 Å². The third kappa shape index (κ3) is 3.06. The molecule has 0 radical (unpaired) electrons. The van der Waals surface area contributed by atoms with Crippen LogP contribution in [-0.2, 0) is 0 Å². The van der Waals surface area contributed by atoms with Crippen LogP contribution in [0.3, 0.4) is 0 Å². The molecule has 0 aliphatic rings. The smallest absolute Gasteiger partial charge is 0.155 e. The number of nitrogens with zero attached hydrogens (tertiary/aromatic N) is 3. The van der Waals surface area contributed by atoms with Crippen molar-refractivity contribution < 1.29 is 5.11 Å². The molecule has 0 saturated carbocycles. The Balaban J connectivity index is 2.84. The lowest BCUT2D eigenvalue weighted by molar-refractivity contribution is 0.288. The van der Waals surface area contributed by atoms with Gasteiger partial charge in [0.25, 0.3) is 0 Å². The number of rotatable bonds is 5. The van der Waals surface area contributed by atoms with Gasteiger partial charge in [-0.3, -0.25) is 0 Å². The summed E-state index contributed by atoms with van der Waals surface area (Å²) >= 11 is 0. The molecule has 0 fully saturated rings. The molecule has 0 amide bonds. The van der Waals surface area contributed by atoms with E-state index in [-0.39, 0.29) is 6.61 Å². The van der Waals surface area contributed by atoms with Crippen molar-refractivity contribution in [3.63, 3.8) is 0 Å². The molecule has 15 heavy (non-hydrogen) atoms. The van der Waals surface area contributed by atoms with E-state index in [4.69, 9.17) is 10.8 Å². The van der Waals surface area contributed by atoms with E-state index in [0.717, 1.165) is 12.4 Å². The maximum atomic E-state index is 8.82. The molecule has 0 aliphatic carbocycles. The van der Waals surface area contributed by atoms with Gasteiger partial charge in [0.2, 0.25) is 0 Å². The van der Waals surface area contributed by atoms with E-state index in [2.05, 4.69) is 28.7 Å². The molecule has 1 rings (SSSR count). The van der Waals surface area contributed by atoms with E-state index in [1.165, 1.54) is 6.33 Å². The van der Waals surface area contributed by atoms with Gasteiger partial charge in [0.05, 0.1) is 11.9 Å². The zero-order valence-corrected chi connectivity index (χ0v) is 9.22. The molecule has 84 valence electrons. The summed E-state index contributed by atoms with van der Waals surface area (Å²) in [5.41, 5.74) is 6.38. The van der Waals surface area contributed by atoms with Gasteiger partial charge in [-0.25, -0.2) is 9.97 Å². The average Bonchev–Trinajstić information content (AvgIpc) is 2.20. The number of anilines is 2. The van der Waals surface area contributed by atoms with Crippen LogP contribution in [0.15, 0.2) is 12.5 Å². The zero-order valence-electron chi connectivity index (χ0n) is 9.22. The summed E-state index contributed by atoms with van der Waals surface area (Å²) in [6.07, 6.45) is 3.79. The lowest BCUT2D eigenvalue weighted by atomic mass is 10.2. The summed E-state index contributed by atoms with van der Waals surface area (Å²) in [5, 5.41) is 8.82. The molecule has 0 spiro atoms. The van der Waals surface area contributed by atoms with Crippen LogP contribution in [0.25, 0.3) is 0 Å². The molecule has 0 bridgehead atoms. The van der Waals surface area contributed by atoms with E-state index < -0.39 is 0 Å². The number of aliphatic hydroxyl groups is 1. The second-order valence-electron chi connectivity index (χ2n) is 3.67. The lowest BCUT2D eigenvalue weighted by Crippen LogP contribution is -2.33. The zero-order chi connectivity index (χ0) is 11.3. The van der Waals surface area contributed by atoms with Gasteiger partial charge in [0.15, 0.2) is 5.82 Å². The normalized spacial score (nSPS) is 10.7. The van der Waals surface area contributed by atoms with Gasteiger partial charge in [-0.1, -0.05) is 0 Å². The average molecular weight is 210 g/mol. The number of nitrogens with two attached hydrogens (primary N) is 1. The Hall–Kier alpha value is -1.36. The Bertz CT molecular complexity index is 303. The third-order valence-corrected chi connectivity index (χ3v) is 2.17. The fourth-order valence-corrected chi connectivity index (χ4v) is 1.42. The Kier molecular flexibility index (Phi) is 4.30. The van der Waals surface area contributed by atoms with Gasteiger partial charge in [-0.2, -0.15) is 0 Å². The summed E-state index contributed by atoms with van der Waals surface area (Å²) in [6.45, 7) is 5.06. The van der Waals surface area contributed by atoms with E-state index >= 15 is 0 Å². The first-order valence-electron chi connectivity index (χ1n) is 5.09. The first kappa shape index (κ1) is 11.7. The van der Waals surface area contributed by atoms with Crippen LogP contribution >= 0.6 is 0 Å². The predicted molar refractivity (Wildman–Crippen MR) is 60.6 cm³/mol. The Morgan fingerprint density at radius 2 is 2.27 bits per heavy atom. The van der Waals surface area contributed by atoms with Gasteiger partial charge < -0.3 is 15.7 Å². The van der Waals surface area contributed by atoms with E-state index in [1.54, 1.807) is 6.20 Å². The maximum Gasteiger partial charge on any atom is 0.155 e. The summed E-state index contributed by atoms with van der Waals surface area (Å²) in [6, 6.07) is 0.300. The summed E-state index contributed by atoms with van der Waals surface area (Å²) < 4.78 is 0. The molecule has 1 heterocycles. The molecule has 5 heteroatoms. The highest BCUT2D eigenvalue weighted by molar-refractivity contribution is 5.61. The number of aromatic nitrogens is 2. The van der Waals surface area contributed by atoms with Crippen LogP contribution < -0.4 is 10.6 Å². The predicted octanol–water partition coefficient (Wildman–Crippen LogP) is 0.656. The Morgan fingerprint density at radius 3 is 2.80 bits per heavy atom. The molecule has 5 nitrogen and oxygen atoms in total. The van der Waals surface area contributed by atoms with Crippen molar-refractivity contribution in [3.8, 4) is 0 Å². The van der Waals surface area contributed by atoms with Crippen LogP contribution in [0.4, 0.5) is 11.5 Å². The molecule has 0 unspecified atom stereocenters. The van der Waals surface area contributed by atoms with Crippen molar-refractivity contribution in [1.82, 2.24) is 9.97 Å². The lowest BCUT2D eigenvalue weighted by Gasteiger charge is -2.28. The number of aliphatic hydroxyl groups excluding tert-OH is 1. The number of hydrogen-bond acceptors (Lipinski definition) is 5. The van der Waals surface area contributed by atoms with Crippen molar-refractivity contribution in [2.75, 3.05) is 23.8 Å². The summed E-state index contributed by atoms with van der Waals surface area (Å²) in [7, 11) is 0. The molecule has 0 aliphatic heterocycles. The minimum absolute atomic E-state index is 0.175. The SMILES string of the molecule is CC(C)N(CCCO)c1ncncc1N. The third-order valence-electron chi connectivity index (χ3n) is 2.17. The molecular formula is C10H18N4O. The van der Waals surface area contributed by atoms with E-state index in [0.29, 0.717) is 18.2 Å². The maximum absolute atomic E-state index is 8.82. The summed E-state index contributed by atoms with van der Waals surface area (Å²) in [4.78, 5) is 10.1. The van der Waals surface area contributed by atoms with E-state index in [1.807, 2.05) is 0 Å². The van der Waals surface area contributed by atoms with Gasteiger partial charge in [-0.05, 0) is 20.3 Å². The van der Waals surface area contributed by atoms with Crippen molar-refractivity contribution in [1.29, 1.82) is 0 Å². The highest BCUT2D eigenvalue weighted by Gasteiger charge is 2.13. The van der Waals surface area contributed by atoms with Crippen LogP contribution in [-0.4, -0.2) is 34.3 Å². The topological polar surface area (TPSA) is 75.3 Å². The highest BCUT2D eigenvalue weighted by atomic mass is 16.3. The van der Waals surface area contributed by atoms with E-state index in [9.17, 15) is 0 Å². The number of hydrogen-bond donors (Lipinski definition) is 2. The molecular weight excluding hydrogens is 192 g/mol. The van der Waals surface area contributed by atoms with Crippen LogP contribution in [0.1, 0.15) is 20.3 Å². The van der Waals surface area contributed by atoms with Crippen LogP contribution in [0, 0.1) is 0 Å². The quantitative estimate of drug-likeness (QED) is 0.746. The van der Waals surface area contributed by atoms with Gasteiger partial charge >= 0.3 is 0 Å². The second kappa shape index (κ2) is 5.50. The Labute approximate surface area is 90.0 Å². The fourth-order valence-electron chi connectivity index (χ4n) is 1.42. The molecule has 0 atom stereocenters. The summed E-state index contributed by atoms with van der Waals surface area (Å²) in [5.74, 6) is 0.744. The fraction of sp³-hybridized carbons (Fsp3) is 0.600. The van der Waals surface area contributed by atoms with Crippen molar-refractivity contribution in [3.05, 3.63) is 12.5 Å². The first-order chi connectivity index (χ1) is 7.16. The largest absolute Gasteiger partial charge is 0.396 e. The number of nitrogen functional groups attached to an aromatic ring is 1. The van der Waals surface area contributed by atoms with Crippen molar-refractivity contribution in [2.24, 2.45) is 0 Å².